The number of aldehydes is 1. The lowest BCUT2D eigenvalue weighted by molar-refractivity contribution is -0.108. The normalized spacial score (nSPS) is 12.0. The Bertz CT molecular complexity index is 374. The summed E-state index contributed by atoms with van der Waals surface area (Å²) in [5, 5.41) is 0. The summed E-state index contributed by atoms with van der Waals surface area (Å²) >= 11 is 0. The molecule has 94 valence electrons. The first-order valence-corrected chi connectivity index (χ1v) is 5.93. The van der Waals surface area contributed by atoms with Gasteiger partial charge < -0.3 is 14.4 Å². The van der Waals surface area contributed by atoms with Gasteiger partial charge in [0, 0.05) is 31.8 Å². The van der Waals surface area contributed by atoms with E-state index in [4.69, 9.17) is 4.74 Å². The van der Waals surface area contributed by atoms with Gasteiger partial charge in [-0.05, 0) is 24.5 Å². The summed E-state index contributed by atoms with van der Waals surface area (Å²) in [6, 6.07) is 5.99. The molecule has 0 spiro atoms. The monoisotopic (exact) mass is 235 g/mol. The van der Waals surface area contributed by atoms with Gasteiger partial charge in [0.25, 0.3) is 0 Å². The van der Waals surface area contributed by atoms with Crippen molar-refractivity contribution >= 4 is 12.0 Å². The van der Waals surface area contributed by atoms with E-state index < -0.39 is 0 Å². The molecule has 3 heteroatoms. The third kappa shape index (κ3) is 2.99. The molecule has 0 aromatic heterocycles. The zero-order valence-corrected chi connectivity index (χ0v) is 11.1. The van der Waals surface area contributed by atoms with Crippen LogP contribution in [0.15, 0.2) is 18.2 Å². The van der Waals surface area contributed by atoms with Crippen molar-refractivity contribution in [2.75, 3.05) is 26.1 Å². The van der Waals surface area contributed by atoms with Gasteiger partial charge in [-0.2, -0.15) is 0 Å². The fourth-order valence-electron chi connectivity index (χ4n) is 2.12. The Balaban J connectivity index is 3.28. The zero-order valence-electron chi connectivity index (χ0n) is 11.1. The number of methoxy groups -OCH3 is 1. The van der Waals surface area contributed by atoms with E-state index in [0.717, 1.165) is 29.7 Å². The maximum atomic E-state index is 10.8. The largest absolute Gasteiger partial charge is 0.496 e. The Morgan fingerprint density at radius 1 is 1.41 bits per heavy atom. The first kappa shape index (κ1) is 13.6. The molecule has 0 saturated heterocycles. The smallest absolute Gasteiger partial charge is 0.124 e. The molecule has 0 fully saturated rings. The van der Waals surface area contributed by atoms with Crippen molar-refractivity contribution in [3.05, 3.63) is 23.8 Å². The van der Waals surface area contributed by atoms with Crippen molar-refractivity contribution in [1.29, 1.82) is 0 Å². The lowest BCUT2D eigenvalue weighted by Crippen LogP contribution is -2.14. The van der Waals surface area contributed by atoms with E-state index in [1.54, 1.807) is 7.11 Å². The van der Waals surface area contributed by atoms with E-state index in [9.17, 15) is 4.79 Å². The number of hydrogen-bond acceptors (Lipinski definition) is 3. The molecule has 0 radical (unpaired) electrons. The summed E-state index contributed by atoms with van der Waals surface area (Å²) < 4.78 is 5.42. The topological polar surface area (TPSA) is 29.5 Å². The molecule has 1 rings (SSSR count). The Labute approximate surface area is 103 Å². The van der Waals surface area contributed by atoms with Gasteiger partial charge in [-0.15, -0.1) is 0 Å². The second-order valence-electron chi connectivity index (χ2n) is 4.30. The first-order chi connectivity index (χ1) is 8.15. The number of carbonyl (C=O) groups excluding carboxylic acids is 1. The van der Waals surface area contributed by atoms with Gasteiger partial charge >= 0.3 is 0 Å². The molecular formula is C14H21NO2. The van der Waals surface area contributed by atoms with E-state index >= 15 is 0 Å². The number of carbonyl (C=O) groups is 1. The first-order valence-electron chi connectivity index (χ1n) is 5.93. The van der Waals surface area contributed by atoms with E-state index in [1.807, 2.05) is 26.2 Å². The summed E-state index contributed by atoms with van der Waals surface area (Å²) in [7, 11) is 5.68. The number of hydrogen-bond donors (Lipinski definition) is 0. The van der Waals surface area contributed by atoms with Crippen LogP contribution in [-0.2, 0) is 4.79 Å². The van der Waals surface area contributed by atoms with Crippen LogP contribution in [0.1, 0.15) is 31.2 Å². The van der Waals surface area contributed by atoms with Crippen LogP contribution in [0, 0.1) is 0 Å². The Hall–Kier alpha value is -1.51. The highest BCUT2D eigenvalue weighted by Gasteiger charge is 2.19. The predicted octanol–water partition coefficient (Wildman–Crippen LogP) is 2.84. The molecule has 0 amide bonds. The second kappa shape index (κ2) is 6.28. The van der Waals surface area contributed by atoms with Crippen LogP contribution in [0.4, 0.5) is 5.69 Å². The van der Waals surface area contributed by atoms with Crippen LogP contribution in [0.3, 0.4) is 0 Å². The van der Waals surface area contributed by atoms with Crippen LogP contribution >= 0.6 is 0 Å². The summed E-state index contributed by atoms with van der Waals surface area (Å²) in [4.78, 5) is 12.8. The van der Waals surface area contributed by atoms with Crippen LogP contribution in [0.2, 0.25) is 0 Å². The minimum absolute atomic E-state index is 0.223. The van der Waals surface area contributed by atoms with Crippen LogP contribution in [0.5, 0.6) is 5.75 Å². The predicted molar refractivity (Wildman–Crippen MR) is 71.0 cm³/mol. The van der Waals surface area contributed by atoms with Crippen LogP contribution in [-0.4, -0.2) is 27.5 Å². The maximum Gasteiger partial charge on any atom is 0.124 e. The highest BCUT2D eigenvalue weighted by Crippen LogP contribution is 2.37. The van der Waals surface area contributed by atoms with Crippen molar-refractivity contribution < 1.29 is 9.53 Å². The van der Waals surface area contributed by atoms with E-state index in [1.165, 1.54) is 0 Å². The van der Waals surface area contributed by atoms with Gasteiger partial charge in [-0.25, -0.2) is 0 Å². The number of benzene rings is 1. The average Bonchev–Trinajstić information content (AvgIpc) is 2.35. The lowest BCUT2D eigenvalue weighted by Gasteiger charge is -2.24. The quantitative estimate of drug-likeness (QED) is 0.710. The number of nitrogens with zero attached hydrogens (tertiary/aromatic N) is 1. The van der Waals surface area contributed by atoms with Crippen molar-refractivity contribution in [1.82, 2.24) is 0 Å². The molecular weight excluding hydrogens is 214 g/mol. The van der Waals surface area contributed by atoms with E-state index in [2.05, 4.69) is 17.9 Å². The van der Waals surface area contributed by atoms with Crippen molar-refractivity contribution in [2.45, 2.75) is 25.7 Å². The third-order valence-electron chi connectivity index (χ3n) is 3.03. The standard InChI is InChI=1S/C14H21NO2/c1-5-11(9-10-16)14-12(15(2)3)7-6-8-13(14)17-4/h6-8,10-11H,5,9H2,1-4H3. The SMILES string of the molecule is CCC(CC=O)c1c(OC)cccc1N(C)C. The minimum Gasteiger partial charge on any atom is -0.496 e. The maximum absolute atomic E-state index is 10.8. The molecule has 0 aliphatic heterocycles. The van der Waals surface area contributed by atoms with Gasteiger partial charge in [-0.1, -0.05) is 13.0 Å². The summed E-state index contributed by atoms with van der Waals surface area (Å²) in [5.41, 5.74) is 2.26. The highest BCUT2D eigenvalue weighted by molar-refractivity contribution is 5.63. The van der Waals surface area contributed by atoms with Gasteiger partial charge in [0.1, 0.15) is 12.0 Å². The lowest BCUT2D eigenvalue weighted by atomic mass is 9.91. The van der Waals surface area contributed by atoms with Gasteiger partial charge in [0.2, 0.25) is 0 Å². The number of rotatable bonds is 6. The van der Waals surface area contributed by atoms with E-state index in [-0.39, 0.29) is 5.92 Å². The van der Waals surface area contributed by atoms with Crippen molar-refractivity contribution in [3.63, 3.8) is 0 Å². The molecule has 0 saturated carbocycles. The fourth-order valence-corrected chi connectivity index (χ4v) is 2.12. The molecule has 17 heavy (non-hydrogen) atoms. The van der Waals surface area contributed by atoms with Gasteiger partial charge in [-0.3, -0.25) is 0 Å². The third-order valence-corrected chi connectivity index (χ3v) is 3.03. The molecule has 1 aromatic carbocycles. The van der Waals surface area contributed by atoms with Crippen molar-refractivity contribution in [3.8, 4) is 5.75 Å². The second-order valence-corrected chi connectivity index (χ2v) is 4.30. The minimum atomic E-state index is 0.223. The Morgan fingerprint density at radius 2 is 2.12 bits per heavy atom. The van der Waals surface area contributed by atoms with Gasteiger partial charge in [0.15, 0.2) is 0 Å². The molecule has 0 heterocycles. The van der Waals surface area contributed by atoms with Crippen LogP contribution in [0.25, 0.3) is 0 Å². The molecule has 1 aromatic rings. The summed E-state index contributed by atoms with van der Waals surface area (Å²) in [6.07, 6.45) is 2.46. The van der Waals surface area contributed by atoms with Crippen LogP contribution < -0.4 is 9.64 Å². The molecule has 0 aliphatic rings. The number of anilines is 1. The molecule has 3 nitrogen and oxygen atoms in total. The summed E-state index contributed by atoms with van der Waals surface area (Å²) in [6.45, 7) is 2.10. The molecule has 1 atom stereocenters. The number of ether oxygens (including phenoxy) is 1. The molecule has 0 bridgehead atoms. The highest BCUT2D eigenvalue weighted by atomic mass is 16.5. The van der Waals surface area contributed by atoms with Crippen molar-refractivity contribution in [2.24, 2.45) is 0 Å². The fraction of sp³-hybridized carbons (Fsp3) is 0.500. The summed E-state index contributed by atoms with van der Waals surface area (Å²) in [5.74, 6) is 1.09. The Kier molecular flexibility index (Phi) is 5.01. The molecule has 1 unspecified atom stereocenters. The van der Waals surface area contributed by atoms with E-state index in [0.29, 0.717) is 6.42 Å². The zero-order chi connectivity index (χ0) is 12.8. The molecule has 0 N–H and O–H groups in total. The average molecular weight is 235 g/mol. The Morgan fingerprint density at radius 3 is 2.59 bits per heavy atom. The van der Waals surface area contributed by atoms with Gasteiger partial charge in [0.05, 0.1) is 7.11 Å². The molecule has 0 aliphatic carbocycles.